The minimum Gasteiger partial charge on any atom is -0.480 e. The van der Waals surface area contributed by atoms with E-state index < -0.39 is 22.5 Å². The van der Waals surface area contributed by atoms with Crippen molar-refractivity contribution in [1.82, 2.24) is 0 Å². The van der Waals surface area contributed by atoms with Crippen molar-refractivity contribution < 1.29 is 18.3 Å². The van der Waals surface area contributed by atoms with Gasteiger partial charge in [-0.25, -0.2) is 8.42 Å². The molecule has 0 atom stereocenters. The van der Waals surface area contributed by atoms with Crippen molar-refractivity contribution in [2.24, 2.45) is 0 Å². The molecule has 0 saturated carbocycles. The molecule has 0 saturated heterocycles. The lowest BCUT2D eigenvalue weighted by atomic mass is 10.2. The van der Waals surface area contributed by atoms with Crippen molar-refractivity contribution in [3.05, 3.63) is 58.6 Å². The molecule has 7 heteroatoms. The molecule has 23 heavy (non-hydrogen) atoms. The molecule has 2 aromatic rings. The van der Waals surface area contributed by atoms with Crippen molar-refractivity contribution in [1.29, 1.82) is 0 Å². The number of aliphatic carboxylic acids is 1. The maximum atomic E-state index is 12.8. The molecular formula is C16H16ClNO4S. The Hall–Kier alpha value is -2.05. The molecule has 122 valence electrons. The van der Waals surface area contributed by atoms with Crippen molar-refractivity contribution >= 4 is 33.3 Å². The first-order chi connectivity index (χ1) is 10.7. The maximum Gasteiger partial charge on any atom is 0.324 e. The number of aryl methyl sites for hydroxylation is 2. The summed E-state index contributed by atoms with van der Waals surface area (Å²) < 4.78 is 26.6. The fraction of sp³-hybridized carbons (Fsp3) is 0.188. The molecule has 0 unspecified atom stereocenters. The predicted octanol–water partition coefficient (Wildman–Crippen LogP) is 3.24. The van der Waals surface area contributed by atoms with Gasteiger partial charge in [-0.15, -0.1) is 0 Å². The summed E-state index contributed by atoms with van der Waals surface area (Å²) in [4.78, 5) is 11.2. The quantitative estimate of drug-likeness (QED) is 0.895. The van der Waals surface area contributed by atoms with Gasteiger partial charge in [0.2, 0.25) is 0 Å². The third-order valence-corrected chi connectivity index (χ3v) is 5.32. The van der Waals surface area contributed by atoms with Crippen LogP contribution in [0.1, 0.15) is 11.1 Å². The van der Waals surface area contributed by atoms with Crippen molar-refractivity contribution in [3.8, 4) is 0 Å². The maximum absolute atomic E-state index is 12.8. The van der Waals surface area contributed by atoms with Crippen molar-refractivity contribution in [2.45, 2.75) is 18.7 Å². The van der Waals surface area contributed by atoms with E-state index in [4.69, 9.17) is 16.7 Å². The molecule has 0 aromatic heterocycles. The normalized spacial score (nSPS) is 11.3. The number of anilines is 1. The standard InChI is InChI=1S/C16H16ClNO4S/c1-11-3-6-14(7-4-11)23(21,22)18(10-16(19)20)15-8-5-13(17)9-12(15)2/h3-9H,10H2,1-2H3,(H,19,20). The molecule has 0 spiro atoms. The number of sulfonamides is 1. The van der Waals surface area contributed by atoms with E-state index in [9.17, 15) is 13.2 Å². The van der Waals surface area contributed by atoms with Crippen LogP contribution in [0.3, 0.4) is 0 Å². The van der Waals surface area contributed by atoms with Crippen LogP contribution in [0.25, 0.3) is 0 Å². The van der Waals surface area contributed by atoms with Crippen molar-refractivity contribution in [3.63, 3.8) is 0 Å². The van der Waals surface area contributed by atoms with E-state index in [0.717, 1.165) is 9.87 Å². The van der Waals surface area contributed by atoms with Crippen molar-refractivity contribution in [2.75, 3.05) is 10.8 Å². The van der Waals surface area contributed by atoms with E-state index in [1.165, 1.54) is 24.3 Å². The Kier molecular flexibility index (Phi) is 4.97. The van der Waals surface area contributed by atoms with Gasteiger partial charge < -0.3 is 5.11 Å². The first kappa shape index (κ1) is 17.3. The number of hydrogen-bond acceptors (Lipinski definition) is 3. The molecule has 1 N–H and O–H groups in total. The largest absolute Gasteiger partial charge is 0.480 e. The van der Waals surface area contributed by atoms with Gasteiger partial charge in [0, 0.05) is 5.02 Å². The van der Waals surface area contributed by atoms with Gasteiger partial charge in [0.25, 0.3) is 10.0 Å². The first-order valence-electron chi connectivity index (χ1n) is 6.79. The van der Waals surface area contributed by atoms with Crippen LogP contribution in [0.4, 0.5) is 5.69 Å². The number of nitrogens with zero attached hydrogens (tertiary/aromatic N) is 1. The van der Waals surface area contributed by atoms with Crippen LogP contribution in [0.5, 0.6) is 0 Å². The van der Waals surface area contributed by atoms with Crippen LogP contribution < -0.4 is 4.31 Å². The van der Waals surface area contributed by atoms with Gasteiger partial charge in [-0.3, -0.25) is 9.10 Å². The minimum absolute atomic E-state index is 0.0405. The Bertz CT molecular complexity index is 832. The monoisotopic (exact) mass is 353 g/mol. The fourth-order valence-electron chi connectivity index (χ4n) is 2.16. The number of halogens is 1. The van der Waals surface area contributed by atoms with Gasteiger partial charge in [-0.2, -0.15) is 0 Å². The van der Waals surface area contributed by atoms with E-state index >= 15 is 0 Å². The Balaban J connectivity index is 2.57. The summed E-state index contributed by atoms with van der Waals surface area (Å²) in [7, 11) is -3.99. The lowest BCUT2D eigenvalue weighted by Crippen LogP contribution is -2.36. The Morgan fingerprint density at radius 3 is 2.26 bits per heavy atom. The molecule has 0 radical (unpaired) electrons. The molecule has 2 rings (SSSR count). The zero-order chi connectivity index (χ0) is 17.2. The van der Waals surface area contributed by atoms with Crippen LogP contribution in [0.15, 0.2) is 47.4 Å². The highest BCUT2D eigenvalue weighted by atomic mass is 35.5. The van der Waals surface area contributed by atoms with E-state index in [-0.39, 0.29) is 10.6 Å². The molecule has 0 aliphatic carbocycles. The Morgan fingerprint density at radius 1 is 1.13 bits per heavy atom. The molecule has 0 heterocycles. The number of hydrogen-bond donors (Lipinski definition) is 1. The average Bonchev–Trinajstić information content (AvgIpc) is 2.45. The molecule has 2 aromatic carbocycles. The third-order valence-electron chi connectivity index (χ3n) is 3.32. The predicted molar refractivity (Wildman–Crippen MR) is 89.5 cm³/mol. The van der Waals surface area contributed by atoms with Gasteiger partial charge in [-0.05, 0) is 49.7 Å². The van der Waals surface area contributed by atoms with Crippen LogP contribution in [0.2, 0.25) is 5.02 Å². The SMILES string of the molecule is Cc1ccc(S(=O)(=O)N(CC(=O)O)c2ccc(Cl)cc2C)cc1. The number of rotatable bonds is 5. The van der Waals surface area contributed by atoms with Crippen LogP contribution in [-0.4, -0.2) is 26.0 Å². The summed E-state index contributed by atoms with van der Waals surface area (Å²) in [5.74, 6) is -1.24. The summed E-state index contributed by atoms with van der Waals surface area (Å²) in [6.45, 7) is 2.86. The van der Waals surface area contributed by atoms with Gasteiger partial charge >= 0.3 is 5.97 Å². The van der Waals surface area contributed by atoms with E-state index in [2.05, 4.69) is 0 Å². The van der Waals surface area contributed by atoms with Gasteiger partial charge in [-0.1, -0.05) is 29.3 Å². The highest BCUT2D eigenvalue weighted by Gasteiger charge is 2.28. The average molecular weight is 354 g/mol. The highest BCUT2D eigenvalue weighted by Crippen LogP contribution is 2.28. The highest BCUT2D eigenvalue weighted by molar-refractivity contribution is 7.92. The van der Waals surface area contributed by atoms with Gasteiger partial charge in [0.1, 0.15) is 6.54 Å². The minimum atomic E-state index is -3.99. The zero-order valence-corrected chi connectivity index (χ0v) is 14.2. The molecule has 0 aliphatic rings. The zero-order valence-electron chi connectivity index (χ0n) is 12.7. The van der Waals surface area contributed by atoms with Crippen LogP contribution in [0, 0.1) is 13.8 Å². The molecule has 0 amide bonds. The molecule has 0 aliphatic heterocycles. The number of carbonyl (C=O) groups is 1. The molecule has 5 nitrogen and oxygen atoms in total. The van der Waals surface area contributed by atoms with Gasteiger partial charge in [0.05, 0.1) is 10.6 Å². The summed E-state index contributed by atoms with van der Waals surface area (Å²) in [6, 6.07) is 10.9. The summed E-state index contributed by atoms with van der Waals surface area (Å²) in [5.41, 5.74) is 1.78. The van der Waals surface area contributed by atoms with E-state index in [1.807, 2.05) is 6.92 Å². The lowest BCUT2D eigenvalue weighted by Gasteiger charge is -2.24. The van der Waals surface area contributed by atoms with E-state index in [0.29, 0.717) is 10.6 Å². The number of benzene rings is 2. The molecule has 0 bridgehead atoms. The summed E-state index contributed by atoms with van der Waals surface area (Å²) in [6.07, 6.45) is 0. The summed E-state index contributed by atoms with van der Waals surface area (Å²) >= 11 is 5.89. The fourth-order valence-corrected chi connectivity index (χ4v) is 3.86. The number of carboxylic acids is 1. The van der Waals surface area contributed by atoms with Crippen LogP contribution in [-0.2, 0) is 14.8 Å². The Morgan fingerprint density at radius 2 is 1.74 bits per heavy atom. The topological polar surface area (TPSA) is 74.7 Å². The van der Waals surface area contributed by atoms with E-state index in [1.54, 1.807) is 25.1 Å². The second-order valence-corrected chi connectivity index (χ2v) is 7.45. The second-order valence-electron chi connectivity index (χ2n) is 5.15. The molecule has 0 fully saturated rings. The smallest absolute Gasteiger partial charge is 0.324 e. The number of carboxylic acid groups (broad SMARTS) is 1. The van der Waals surface area contributed by atoms with Crippen LogP contribution >= 0.6 is 11.6 Å². The second kappa shape index (κ2) is 6.60. The third kappa shape index (κ3) is 3.83. The molecular weight excluding hydrogens is 338 g/mol. The lowest BCUT2D eigenvalue weighted by molar-refractivity contribution is -0.135. The first-order valence-corrected chi connectivity index (χ1v) is 8.61. The summed E-state index contributed by atoms with van der Waals surface area (Å²) in [5, 5.41) is 9.57. The van der Waals surface area contributed by atoms with Gasteiger partial charge in [0.15, 0.2) is 0 Å². The Labute approximate surface area is 140 Å².